The Kier molecular flexibility index (Phi) is 5.86. The average molecular weight is 336 g/mol. The summed E-state index contributed by atoms with van der Waals surface area (Å²) in [6.07, 6.45) is 0.859. The van der Waals surface area contributed by atoms with E-state index in [0.717, 1.165) is 0 Å². The van der Waals surface area contributed by atoms with Crippen molar-refractivity contribution in [2.24, 2.45) is 5.73 Å². The molecular weight excluding hydrogens is 315 g/mol. The van der Waals surface area contributed by atoms with Crippen molar-refractivity contribution in [1.29, 1.82) is 0 Å². The van der Waals surface area contributed by atoms with Gasteiger partial charge in [0.25, 0.3) is 0 Å². The number of piperidine rings is 1. The van der Waals surface area contributed by atoms with Crippen LogP contribution in [-0.2, 0) is 20.8 Å². The third kappa shape index (κ3) is 4.76. The van der Waals surface area contributed by atoms with Crippen molar-refractivity contribution in [3.8, 4) is 0 Å². The monoisotopic (exact) mass is 336 g/mol. The Labute approximate surface area is 139 Å². The number of halogens is 1. The van der Waals surface area contributed by atoms with Crippen molar-refractivity contribution in [2.75, 3.05) is 19.6 Å². The number of hydrogen-bond acceptors (Lipinski definition) is 4. The molecule has 0 radical (unpaired) electrons. The summed E-state index contributed by atoms with van der Waals surface area (Å²) >= 11 is 0. The highest BCUT2D eigenvalue weighted by molar-refractivity contribution is 5.94. The summed E-state index contributed by atoms with van der Waals surface area (Å²) in [7, 11) is 0. The lowest BCUT2D eigenvalue weighted by atomic mass is 9.86. The van der Waals surface area contributed by atoms with E-state index in [2.05, 4.69) is 16.0 Å². The maximum Gasteiger partial charge on any atom is 0.246 e. The zero-order chi connectivity index (χ0) is 17.6. The molecule has 130 valence electrons. The van der Waals surface area contributed by atoms with Crippen LogP contribution in [0, 0.1) is 5.82 Å². The van der Waals surface area contributed by atoms with E-state index in [0.29, 0.717) is 31.5 Å². The molecule has 0 atom stereocenters. The lowest BCUT2D eigenvalue weighted by Gasteiger charge is -2.36. The fraction of sp³-hybridized carbons (Fsp3) is 0.438. The minimum atomic E-state index is -1.07. The molecular formula is C16H21FN4O3. The lowest BCUT2D eigenvalue weighted by molar-refractivity contribution is -0.135. The topological polar surface area (TPSA) is 113 Å². The third-order valence-electron chi connectivity index (χ3n) is 3.97. The summed E-state index contributed by atoms with van der Waals surface area (Å²) < 4.78 is 12.9. The summed E-state index contributed by atoms with van der Waals surface area (Å²) in [5, 5.41) is 8.37. The molecule has 1 fully saturated rings. The number of benzene rings is 1. The van der Waals surface area contributed by atoms with Crippen molar-refractivity contribution < 1.29 is 18.8 Å². The van der Waals surface area contributed by atoms with Crippen LogP contribution in [0.25, 0.3) is 0 Å². The molecule has 0 aromatic heterocycles. The molecule has 0 saturated carbocycles. The molecule has 1 aliphatic rings. The molecule has 1 aromatic carbocycles. The van der Waals surface area contributed by atoms with E-state index in [9.17, 15) is 18.8 Å². The van der Waals surface area contributed by atoms with Gasteiger partial charge in [-0.25, -0.2) is 4.39 Å². The number of hydrogen-bond donors (Lipinski definition) is 4. The van der Waals surface area contributed by atoms with Crippen LogP contribution in [0.2, 0.25) is 0 Å². The van der Waals surface area contributed by atoms with Crippen LogP contribution >= 0.6 is 0 Å². The molecule has 2 rings (SSSR count). The molecule has 7 nitrogen and oxygen atoms in total. The van der Waals surface area contributed by atoms with Gasteiger partial charge in [-0.2, -0.15) is 0 Å². The number of amides is 3. The maximum atomic E-state index is 12.9. The predicted molar refractivity (Wildman–Crippen MR) is 85.3 cm³/mol. The van der Waals surface area contributed by atoms with Gasteiger partial charge >= 0.3 is 0 Å². The highest BCUT2D eigenvalue weighted by Crippen LogP contribution is 2.19. The van der Waals surface area contributed by atoms with Gasteiger partial charge in [0, 0.05) is 0 Å². The third-order valence-corrected chi connectivity index (χ3v) is 3.97. The van der Waals surface area contributed by atoms with Gasteiger partial charge in [-0.3, -0.25) is 14.4 Å². The van der Waals surface area contributed by atoms with Crippen LogP contribution in [0.5, 0.6) is 0 Å². The molecule has 0 unspecified atom stereocenters. The highest BCUT2D eigenvalue weighted by Gasteiger charge is 2.40. The van der Waals surface area contributed by atoms with Gasteiger partial charge in [0.1, 0.15) is 11.4 Å². The van der Waals surface area contributed by atoms with Crippen LogP contribution in [0.1, 0.15) is 18.4 Å². The summed E-state index contributed by atoms with van der Waals surface area (Å²) in [5.41, 5.74) is 4.62. The largest absolute Gasteiger partial charge is 0.368 e. The Morgan fingerprint density at radius 1 is 1.17 bits per heavy atom. The van der Waals surface area contributed by atoms with Crippen LogP contribution in [0.3, 0.4) is 0 Å². The van der Waals surface area contributed by atoms with Gasteiger partial charge in [0.2, 0.25) is 17.7 Å². The average Bonchev–Trinajstić information content (AvgIpc) is 2.55. The molecule has 24 heavy (non-hydrogen) atoms. The van der Waals surface area contributed by atoms with Gasteiger partial charge < -0.3 is 21.7 Å². The van der Waals surface area contributed by atoms with Gasteiger partial charge in [-0.05, 0) is 43.6 Å². The molecule has 1 heterocycles. The summed E-state index contributed by atoms with van der Waals surface area (Å²) in [5.74, 6) is -1.78. The molecule has 8 heteroatoms. The maximum absolute atomic E-state index is 12.9. The van der Waals surface area contributed by atoms with Gasteiger partial charge in [0.05, 0.1) is 13.0 Å². The number of nitrogens with one attached hydrogen (secondary N) is 3. The van der Waals surface area contributed by atoms with E-state index in [-0.39, 0.29) is 24.7 Å². The van der Waals surface area contributed by atoms with E-state index < -0.39 is 17.4 Å². The summed E-state index contributed by atoms with van der Waals surface area (Å²) in [6, 6.07) is 5.61. The fourth-order valence-electron chi connectivity index (χ4n) is 2.70. The van der Waals surface area contributed by atoms with Crippen molar-refractivity contribution in [3.05, 3.63) is 35.6 Å². The second-order valence-corrected chi connectivity index (χ2v) is 5.83. The number of nitrogens with two attached hydrogens (primary N) is 1. The fourth-order valence-corrected chi connectivity index (χ4v) is 2.70. The van der Waals surface area contributed by atoms with Crippen molar-refractivity contribution >= 4 is 17.7 Å². The zero-order valence-corrected chi connectivity index (χ0v) is 13.2. The SMILES string of the molecule is NC(=O)CNC(=O)C1(NC(=O)Cc2ccc(F)cc2)CCNCC1. The van der Waals surface area contributed by atoms with Crippen molar-refractivity contribution in [3.63, 3.8) is 0 Å². The standard InChI is InChI=1S/C16H21FN4O3/c17-12-3-1-11(2-4-12)9-14(23)21-16(5-7-19-8-6-16)15(24)20-10-13(18)22/h1-4,19H,5-10H2,(H2,18,22)(H,20,24)(H,21,23). The number of carbonyl (C=O) groups excluding carboxylic acids is 3. The summed E-state index contributed by atoms with van der Waals surface area (Å²) in [6.45, 7) is 0.865. The van der Waals surface area contributed by atoms with Gasteiger partial charge in [-0.15, -0.1) is 0 Å². The molecule has 0 aliphatic carbocycles. The molecule has 0 spiro atoms. The van der Waals surface area contributed by atoms with Gasteiger partial charge in [0.15, 0.2) is 0 Å². The second-order valence-electron chi connectivity index (χ2n) is 5.83. The van der Waals surface area contributed by atoms with Crippen LogP contribution in [0.15, 0.2) is 24.3 Å². The van der Waals surface area contributed by atoms with E-state index in [1.807, 2.05) is 0 Å². The van der Waals surface area contributed by atoms with Crippen LogP contribution in [0.4, 0.5) is 4.39 Å². The first-order chi connectivity index (χ1) is 11.4. The van der Waals surface area contributed by atoms with E-state index in [4.69, 9.17) is 5.73 Å². The number of primary amides is 1. The minimum absolute atomic E-state index is 0.0402. The first kappa shape index (κ1) is 17.9. The van der Waals surface area contributed by atoms with E-state index >= 15 is 0 Å². The smallest absolute Gasteiger partial charge is 0.246 e. The Balaban J connectivity index is 2.04. The van der Waals surface area contributed by atoms with Crippen LogP contribution in [-0.4, -0.2) is 42.9 Å². The Bertz CT molecular complexity index is 612. The second kappa shape index (κ2) is 7.87. The highest BCUT2D eigenvalue weighted by atomic mass is 19.1. The van der Waals surface area contributed by atoms with Crippen molar-refractivity contribution in [2.45, 2.75) is 24.8 Å². The first-order valence-corrected chi connectivity index (χ1v) is 7.74. The Morgan fingerprint density at radius 2 is 1.79 bits per heavy atom. The summed E-state index contributed by atoms with van der Waals surface area (Å²) in [4.78, 5) is 35.6. The molecule has 3 amide bonds. The lowest BCUT2D eigenvalue weighted by Crippen LogP contribution is -2.63. The van der Waals surface area contributed by atoms with E-state index in [1.165, 1.54) is 24.3 Å². The minimum Gasteiger partial charge on any atom is -0.368 e. The normalized spacial score (nSPS) is 16.2. The Hall–Kier alpha value is -2.48. The van der Waals surface area contributed by atoms with Crippen LogP contribution < -0.4 is 21.7 Å². The molecule has 1 aromatic rings. The number of carbonyl (C=O) groups is 3. The predicted octanol–water partition coefficient (Wildman–Crippen LogP) is -0.792. The number of rotatable bonds is 6. The molecule has 5 N–H and O–H groups in total. The van der Waals surface area contributed by atoms with E-state index in [1.54, 1.807) is 0 Å². The first-order valence-electron chi connectivity index (χ1n) is 7.74. The Morgan fingerprint density at radius 3 is 2.38 bits per heavy atom. The molecule has 1 aliphatic heterocycles. The van der Waals surface area contributed by atoms with Gasteiger partial charge in [-0.1, -0.05) is 12.1 Å². The van der Waals surface area contributed by atoms with Crippen molar-refractivity contribution in [1.82, 2.24) is 16.0 Å². The quantitative estimate of drug-likeness (QED) is 0.545. The molecule has 0 bridgehead atoms. The zero-order valence-electron chi connectivity index (χ0n) is 13.2. The molecule has 1 saturated heterocycles.